The molecule has 2 aromatic carbocycles. The maximum absolute atomic E-state index is 13.1. The van der Waals surface area contributed by atoms with Gasteiger partial charge in [-0.25, -0.2) is 12.8 Å². The van der Waals surface area contributed by atoms with Gasteiger partial charge < -0.3 is 14.8 Å². The van der Waals surface area contributed by atoms with Crippen molar-refractivity contribution in [3.05, 3.63) is 48.3 Å². The van der Waals surface area contributed by atoms with Gasteiger partial charge in [-0.1, -0.05) is 13.8 Å². The van der Waals surface area contributed by atoms with Crippen LogP contribution in [0.25, 0.3) is 0 Å². The number of ether oxygens (including phenoxy) is 2. The van der Waals surface area contributed by atoms with Crippen molar-refractivity contribution in [2.24, 2.45) is 0 Å². The quantitative estimate of drug-likeness (QED) is 0.588. The number of rotatable bonds is 10. The lowest BCUT2D eigenvalue weighted by Gasteiger charge is -2.26. The maximum Gasteiger partial charge on any atom is 0.267 e. The number of amides is 1. The van der Waals surface area contributed by atoms with Crippen molar-refractivity contribution in [2.75, 3.05) is 25.0 Å². The predicted octanol–water partition coefficient (Wildman–Crippen LogP) is 4.05. The van der Waals surface area contributed by atoms with Crippen LogP contribution in [-0.4, -0.2) is 43.9 Å². The molecule has 0 aliphatic rings. The Hall–Kier alpha value is -2.65. The van der Waals surface area contributed by atoms with E-state index in [0.717, 1.165) is 0 Å². The van der Waals surface area contributed by atoms with E-state index in [9.17, 15) is 17.6 Å². The molecule has 0 heterocycles. The van der Waals surface area contributed by atoms with Gasteiger partial charge >= 0.3 is 0 Å². The van der Waals surface area contributed by atoms with Crippen LogP contribution < -0.4 is 14.8 Å². The Labute approximate surface area is 183 Å². The summed E-state index contributed by atoms with van der Waals surface area (Å²) < 4.78 is 51.8. The highest BCUT2D eigenvalue weighted by atomic mass is 32.2. The molecule has 31 heavy (non-hydrogen) atoms. The third kappa shape index (κ3) is 5.95. The first-order valence-electron chi connectivity index (χ1n) is 10.1. The second-order valence-electron chi connectivity index (χ2n) is 7.20. The summed E-state index contributed by atoms with van der Waals surface area (Å²) in [5.41, 5.74) is -1.01. The van der Waals surface area contributed by atoms with Crippen LogP contribution in [0.3, 0.4) is 0 Å². The lowest BCUT2D eigenvalue weighted by atomic mass is 10.1. The van der Waals surface area contributed by atoms with Gasteiger partial charge in [0.2, 0.25) is 10.0 Å². The Bertz CT molecular complexity index is 1000. The summed E-state index contributed by atoms with van der Waals surface area (Å²) in [6.07, 6.45) is 0. The number of nitrogens with one attached hydrogen (secondary N) is 1. The fourth-order valence-electron chi connectivity index (χ4n) is 2.89. The van der Waals surface area contributed by atoms with E-state index < -0.39 is 27.3 Å². The number of anilines is 1. The molecule has 170 valence electrons. The van der Waals surface area contributed by atoms with Gasteiger partial charge in [0.25, 0.3) is 5.91 Å². The summed E-state index contributed by atoms with van der Waals surface area (Å²) in [6.45, 7) is 9.30. The van der Waals surface area contributed by atoms with Crippen molar-refractivity contribution >= 4 is 21.6 Å². The van der Waals surface area contributed by atoms with Crippen molar-refractivity contribution in [2.45, 2.75) is 45.1 Å². The van der Waals surface area contributed by atoms with Crippen molar-refractivity contribution in [1.29, 1.82) is 0 Å². The summed E-state index contributed by atoms with van der Waals surface area (Å²) in [5.74, 6) is -0.356. The van der Waals surface area contributed by atoms with E-state index >= 15 is 0 Å². The number of benzene rings is 2. The molecule has 0 aliphatic carbocycles. The maximum atomic E-state index is 13.1. The zero-order valence-electron chi connectivity index (χ0n) is 18.4. The summed E-state index contributed by atoms with van der Waals surface area (Å²) in [4.78, 5) is 12.8. The van der Waals surface area contributed by atoms with E-state index in [4.69, 9.17) is 9.47 Å². The molecule has 0 atom stereocenters. The molecule has 9 heteroatoms. The lowest BCUT2D eigenvalue weighted by molar-refractivity contribution is -0.128. The van der Waals surface area contributed by atoms with E-state index in [1.54, 1.807) is 40.7 Å². The molecule has 0 aliphatic heterocycles. The van der Waals surface area contributed by atoms with Crippen molar-refractivity contribution in [3.63, 3.8) is 0 Å². The van der Waals surface area contributed by atoms with Crippen LogP contribution >= 0.6 is 0 Å². The highest BCUT2D eigenvalue weighted by Gasteiger charge is 2.31. The van der Waals surface area contributed by atoms with Crippen LogP contribution in [0.2, 0.25) is 0 Å². The standard InChI is InChI=1S/C22H29FN2O5S/c1-6-25(7-2)31(27,28)20-15-17(11-14-19(20)29-8-3)24-21(26)22(4,5)30-18-12-9-16(23)10-13-18/h9-15H,6-8H2,1-5H3,(H,24,26). The first-order valence-corrected chi connectivity index (χ1v) is 11.5. The van der Waals surface area contributed by atoms with E-state index in [-0.39, 0.29) is 16.3 Å². The summed E-state index contributed by atoms with van der Waals surface area (Å²) >= 11 is 0. The van der Waals surface area contributed by atoms with E-state index in [0.29, 0.717) is 25.4 Å². The van der Waals surface area contributed by atoms with Gasteiger partial charge in [-0.15, -0.1) is 0 Å². The average Bonchev–Trinajstić information content (AvgIpc) is 2.71. The Morgan fingerprint density at radius 3 is 2.23 bits per heavy atom. The lowest BCUT2D eigenvalue weighted by Crippen LogP contribution is -2.42. The molecule has 2 aromatic rings. The molecule has 0 saturated carbocycles. The van der Waals surface area contributed by atoms with Crippen molar-refractivity contribution in [3.8, 4) is 11.5 Å². The number of halogens is 1. The largest absolute Gasteiger partial charge is 0.492 e. The predicted molar refractivity (Wildman–Crippen MR) is 117 cm³/mol. The minimum atomic E-state index is -3.81. The van der Waals surface area contributed by atoms with E-state index in [1.165, 1.54) is 40.7 Å². The second kappa shape index (κ2) is 10.1. The molecule has 1 amide bonds. The number of sulfonamides is 1. The van der Waals surface area contributed by atoms with Gasteiger partial charge in [-0.3, -0.25) is 4.79 Å². The zero-order valence-corrected chi connectivity index (χ0v) is 19.3. The van der Waals surface area contributed by atoms with Gasteiger partial charge in [-0.2, -0.15) is 4.31 Å². The van der Waals surface area contributed by atoms with Gasteiger partial charge in [0.1, 0.15) is 22.2 Å². The van der Waals surface area contributed by atoms with Gasteiger partial charge in [0.05, 0.1) is 6.61 Å². The van der Waals surface area contributed by atoms with Crippen LogP contribution in [-0.2, 0) is 14.8 Å². The molecule has 0 aromatic heterocycles. The third-order valence-electron chi connectivity index (χ3n) is 4.56. The number of carbonyl (C=O) groups is 1. The average molecular weight is 453 g/mol. The highest BCUT2D eigenvalue weighted by Crippen LogP contribution is 2.30. The Morgan fingerprint density at radius 2 is 1.68 bits per heavy atom. The molecular weight excluding hydrogens is 423 g/mol. The van der Waals surface area contributed by atoms with Crippen LogP contribution in [0.1, 0.15) is 34.6 Å². The third-order valence-corrected chi connectivity index (χ3v) is 6.63. The molecule has 7 nitrogen and oxygen atoms in total. The van der Waals surface area contributed by atoms with Crippen LogP contribution in [0.5, 0.6) is 11.5 Å². The zero-order chi connectivity index (χ0) is 23.2. The van der Waals surface area contributed by atoms with E-state index in [2.05, 4.69) is 5.32 Å². The fourth-order valence-corrected chi connectivity index (χ4v) is 4.51. The number of hydrogen-bond acceptors (Lipinski definition) is 5. The van der Waals surface area contributed by atoms with Gasteiger partial charge in [0, 0.05) is 18.8 Å². The Kier molecular flexibility index (Phi) is 8.02. The second-order valence-corrected chi connectivity index (χ2v) is 9.11. The molecule has 0 radical (unpaired) electrons. The van der Waals surface area contributed by atoms with Crippen molar-refractivity contribution < 1.29 is 27.1 Å². The number of nitrogens with zero attached hydrogens (tertiary/aromatic N) is 1. The minimum absolute atomic E-state index is 0.0203. The topological polar surface area (TPSA) is 84.9 Å². The normalized spacial score (nSPS) is 12.0. The molecule has 0 fully saturated rings. The molecule has 0 spiro atoms. The molecule has 0 saturated heterocycles. The molecule has 2 rings (SSSR count). The van der Waals surface area contributed by atoms with E-state index in [1.807, 2.05) is 0 Å². The summed E-state index contributed by atoms with van der Waals surface area (Å²) in [7, 11) is -3.81. The first kappa shape index (κ1) is 24.6. The van der Waals surface area contributed by atoms with Gasteiger partial charge in [0.15, 0.2) is 5.60 Å². The number of hydrogen-bond donors (Lipinski definition) is 1. The van der Waals surface area contributed by atoms with Crippen LogP contribution in [0, 0.1) is 5.82 Å². The smallest absolute Gasteiger partial charge is 0.267 e. The SMILES string of the molecule is CCOc1ccc(NC(=O)C(C)(C)Oc2ccc(F)cc2)cc1S(=O)(=O)N(CC)CC. The Balaban J connectivity index is 2.32. The van der Waals surface area contributed by atoms with Crippen LogP contribution in [0.15, 0.2) is 47.4 Å². The molecule has 0 unspecified atom stereocenters. The highest BCUT2D eigenvalue weighted by molar-refractivity contribution is 7.89. The fraction of sp³-hybridized carbons (Fsp3) is 0.409. The van der Waals surface area contributed by atoms with Gasteiger partial charge in [-0.05, 0) is 63.2 Å². The molecule has 1 N–H and O–H groups in total. The monoisotopic (exact) mass is 452 g/mol. The molecular formula is C22H29FN2O5S. The Morgan fingerprint density at radius 1 is 1.06 bits per heavy atom. The summed E-state index contributed by atoms with van der Waals surface area (Å²) in [6, 6.07) is 9.79. The number of carbonyl (C=O) groups excluding carboxylic acids is 1. The minimum Gasteiger partial charge on any atom is -0.492 e. The summed E-state index contributed by atoms with van der Waals surface area (Å²) in [5, 5.41) is 2.69. The first-order chi connectivity index (χ1) is 14.5. The molecule has 0 bridgehead atoms. The van der Waals surface area contributed by atoms with Crippen molar-refractivity contribution in [1.82, 2.24) is 4.31 Å². The van der Waals surface area contributed by atoms with Crippen LogP contribution in [0.4, 0.5) is 10.1 Å².